The van der Waals surface area contributed by atoms with Crippen LogP contribution in [0.15, 0.2) is 24.3 Å². The number of nitrogen functional groups attached to an aromatic ring is 1. The summed E-state index contributed by atoms with van der Waals surface area (Å²) in [6, 6.07) is 7.81. The lowest BCUT2D eigenvalue weighted by Gasteiger charge is -2.26. The van der Waals surface area contributed by atoms with Crippen molar-refractivity contribution in [1.82, 2.24) is 10.3 Å². The molecule has 1 amide bonds. The fourth-order valence-corrected chi connectivity index (χ4v) is 2.94. The molecule has 1 heterocycles. The highest BCUT2D eigenvalue weighted by Crippen LogP contribution is 2.24. The minimum absolute atomic E-state index is 0.0145. The van der Waals surface area contributed by atoms with E-state index < -0.39 is 0 Å². The average molecular weight is 271 g/mol. The fraction of sp³-hybridized carbons (Fsp3) is 0.438. The molecule has 0 atom stereocenters. The first-order valence-electron chi connectivity index (χ1n) is 7.31. The van der Waals surface area contributed by atoms with Crippen molar-refractivity contribution >= 4 is 22.5 Å². The van der Waals surface area contributed by atoms with Crippen LogP contribution in [-0.4, -0.2) is 16.9 Å². The molecular formula is C16H21N3O. The van der Waals surface area contributed by atoms with Crippen molar-refractivity contribution in [3.8, 4) is 0 Å². The standard InChI is InChI=1S/C16H21N3O/c1-10-2-5-13(6-3-10)18-16(20)15-9-11-8-12(17)4-7-14(11)19-15/h4,7-10,13,19H,2-3,5-6,17H2,1H3,(H,18,20). The number of rotatable bonds is 2. The minimum Gasteiger partial charge on any atom is -0.399 e. The van der Waals surface area contributed by atoms with Gasteiger partial charge in [-0.2, -0.15) is 0 Å². The molecule has 1 aromatic carbocycles. The van der Waals surface area contributed by atoms with Crippen LogP contribution in [0.5, 0.6) is 0 Å². The van der Waals surface area contributed by atoms with Crippen LogP contribution in [0.25, 0.3) is 10.9 Å². The zero-order valence-electron chi connectivity index (χ0n) is 11.8. The number of carbonyl (C=O) groups excluding carboxylic acids is 1. The Hall–Kier alpha value is -1.97. The van der Waals surface area contributed by atoms with E-state index in [1.54, 1.807) is 0 Å². The molecule has 1 aromatic heterocycles. The van der Waals surface area contributed by atoms with Gasteiger partial charge in [0.25, 0.3) is 5.91 Å². The van der Waals surface area contributed by atoms with Gasteiger partial charge in [-0.15, -0.1) is 0 Å². The summed E-state index contributed by atoms with van der Waals surface area (Å²) in [5, 5.41) is 4.11. The number of benzene rings is 1. The highest BCUT2D eigenvalue weighted by Gasteiger charge is 2.20. The van der Waals surface area contributed by atoms with Crippen molar-refractivity contribution in [3.05, 3.63) is 30.0 Å². The van der Waals surface area contributed by atoms with Crippen LogP contribution >= 0.6 is 0 Å². The number of carbonyl (C=O) groups is 1. The van der Waals surface area contributed by atoms with Gasteiger partial charge in [0.1, 0.15) is 5.69 Å². The molecule has 4 N–H and O–H groups in total. The van der Waals surface area contributed by atoms with Gasteiger partial charge in [-0.05, 0) is 55.9 Å². The maximum atomic E-state index is 12.3. The maximum Gasteiger partial charge on any atom is 0.267 e. The molecule has 0 bridgehead atoms. The largest absolute Gasteiger partial charge is 0.399 e. The Morgan fingerprint density at radius 2 is 2.00 bits per heavy atom. The second-order valence-corrected chi connectivity index (χ2v) is 5.96. The number of H-pyrrole nitrogens is 1. The van der Waals surface area contributed by atoms with E-state index in [0.29, 0.717) is 17.4 Å². The first-order chi connectivity index (χ1) is 9.61. The molecule has 1 aliphatic carbocycles. The number of nitrogens with two attached hydrogens (primary N) is 1. The van der Waals surface area contributed by atoms with Crippen LogP contribution in [0, 0.1) is 5.92 Å². The lowest BCUT2D eigenvalue weighted by Crippen LogP contribution is -2.37. The van der Waals surface area contributed by atoms with Gasteiger partial charge in [0.15, 0.2) is 0 Å². The van der Waals surface area contributed by atoms with Gasteiger partial charge in [-0.1, -0.05) is 6.92 Å². The molecule has 20 heavy (non-hydrogen) atoms. The summed E-state index contributed by atoms with van der Waals surface area (Å²) in [5.74, 6) is 0.776. The quantitative estimate of drug-likeness (QED) is 0.735. The zero-order chi connectivity index (χ0) is 14.1. The molecule has 1 aliphatic rings. The Bertz CT molecular complexity index is 624. The number of aromatic nitrogens is 1. The summed E-state index contributed by atoms with van der Waals surface area (Å²) in [6.45, 7) is 2.28. The van der Waals surface area contributed by atoms with Crippen LogP contribution < -0.4 is 11.1 Å². The number of amides is 1. The predicted molar refractivity (Wildman–Crippen MR) is 81.6 cm³/mol. The maximum absolute atomic E-state index is 12.3. The molecule has 3 rings (SSSR count). The SMILES string of the molecule is CC1CCC(NC(=O)c2cc3cc(N)ccc3[nH]2)CC1. The fourth-order valence-electron chi connectivity index (χ4n) is 2.94. The average Bonchev–Trinajstić information content (AvgIpc) is 2.84. The van der Waals surface area contributed by atoms with Gasteiger partial charge in [0.05, 0.1) is 0 Å². The molecule has 0 unspecified atom stereocenters. The molecule has 0 aliphatic heterocycles. The molecule has 2 aromatic rings. The second kappa shape index (κ2) is 5.19. The molecule has 4 nitrogen and oxygen atoms in total. The lowest BCUT2D eigenvalue weighted by molar-refractivity contribution is 0.0919. The molecule has 0 spiro atoms. The Balaban J connectivity index is 1.72. The number of anilines is 1. The minimum atomic E-state index is -0.0145. The van der Waals surface area contributed by atoms with E-state index in [1.165, 1.54) is 12.8 Å². The summed E-state index contributed by atoms with van der Waals surface area (Å²) in [5.41, 5.74) is 8.03. The normalized spacial score (nSPS) is 22.9. The number of nitrogens with one attached hydrogen (secondary N) is 2. The summed E-state index contributed by atoms with van der Waals surface area (Å²) < 4.78 is 0. The molecule has 4 heteroatoms. The van der Waals surface area contributed by atoms with Gasteiger partial charge in [-0.3, -0.25) is 4.79 Å². The van der Waals surface area contributed by atoms with Crippen molar-refractivity contribution in [3.63, 3.8) is 0 Å². The van der Waals surface area contributed by atoms with Crippen LogP contribution in [0.3, 0.4) is 0 Å². The zero-order valence-corrected chi connectivity index (χ0v) is 11.8. The van der Waals surface area contributed by atoms with E-state index in [-0.39, 0.29) is 5.91 Å². The van der Waals surface area contributed by atoms with Crippen molar-refractivity contribution in [1.29, 1.82) is 0 Å². The number of aromatic amines is 1. The monoisotopic (exact) mass is 271 g/mol. The lowest BCUT2D eigenvalue weighted by atomic mass is 9.87. The molecule has 1 saturated carbocycles. The smallest absolute Gasteiger partial charge is 0.267 e. The third kappa shape index (κ3) is 2.64. The molecule has 0 radical (unpaired) electrons. The van der Waals surface area contributed by atoms with E-state index >= 15 is 0 Å². The number of hydrogen-bond donors (Lipinski definition) is 3. The van der Waals surface area contributed by atoms with Crippen molar-refractivity contribution in [2.45, 2.75) is 38.6 Å². The van der Waals surface area contributed by atoms with Gasteiger partial charge in [0, 0.05) is 22.6 Å². The van der Waals surface area contributed by atoms with Crippen molar-refractivity contribution < 1.29 is 4.79 Å². The predicted octanol–water partition coefficient (Wildman–Crippen LogP) is 3.06. The van der Waals surface area contributed by atoms with Crippen LogP contribution in [0.1, 0.15) is 43.1 Å². The molecule has 106 valence electrons. The Kier molecular flexibility index (Phi) is 3.38. The van der Waals surface area contributed by atoms with Crippen molar-refractivity contribution in [2.75, 3.05) is 5.73 Å². The van der Waals surface area contributed by atoms with E-state index in [4.69, 9.17) is 5.73 Å². The molecule has 0 saturated heterocycles. The first kappa shape index (κ1) is 13.0. The van der Waals surface area contributed by atoms with Crippen LogP contribution in [-0.2, 0) is 0 Å². The Labute approximate surface area is 118 Å². The van der Waals surface area contributed by atoms with E-state index in [9.17, 15) is 4.79 Å². The molecular weight excluding hydrogens is 250 g/mol. The third-order valence-corrected chi connectivity index (χ3v) is 4.24. The van der Waals surface area contributed by atoms with Crippen molar-refractivity contribution in [2.24, 2.45) is 5.92 Å². The van der Waals surface area contributed by atoms with Gasteiger partial charge < -0.3 is 16.0 Å². The summed E-state index contributed by atoms with van der Waals surface area (Å²) in [6.07, 6.45) is 4.57. The Morgan fingerprint density at radius 3 is 2.75 bits per heavy atom. The highest BCUT2D eigenvalue weighted by molar-refractivity contribution is 5.98. The van der Waals surface area contributed by atoms with Crippen LogP contribution in [0.2, 0.25) is 0 Å². The van der Waals surface area contributed by atoms with E-state index in [1.807, 2.05) is 24.3 Å². The van der Waals surface area contributed by atoms with Crippen LogP contribution in [0.4, 0.5) is 5.69 Å². The Morgan fingerprint density at radius 1 is 1.25 bits per heavy atom. The first-order valence-corrected chi connectivity index (χ1v) is 7.31. The van der Waals surface area contributed by atoms with Gasteiger partial charge in [0.2, 0.25) is 0 Å². The summed E-state index contributed by atoms with van der Waals surface area (Å²) >= 11 is 0. The highest BCUT2D eigenvalue weighted by atomic mass is 16.1. The summed E-state index contributed by atoms with van der Waals surface area (Å²) in [4.78, 5) is 15.4. The molecule has 1 fully saturated rings. The van der Waals surface area contributed by atoms with E-state index in [0.717, 1.165) is 29.7 Å². The van der Waals surface area contributed by atoms with Gasteiger partial charge in [-0.25, -0.2) is 0 Å². The summed E-state index contributed by atoms with van der Waals surface area (Å²) in [7, 11) is 0. The van der Waals surface area contributed by atoms with Gasteiger partial charge >= 0.3 is 0 Å². The second-order valence-electron chi connectivity index (χ2n) is 5.96. The van der Waals surface area contributed by atoms with E-state index in [2.05, 4.69) is 17.2 Å². The third-order valence-electron chi connectivity index (χ3n) is 4.24. The number of hydrogen-bond acceptors (Lipinski definition) is 2. The topological polar surface area (TPSA) is 70.9 Å². The number of fused-ring (bicyclic) bond motifs is 1.